The number of carbonyl (C=O) groups is 2. The van der Waals surface area contributed by atoms with Crippen LogP contribution in [0.4, 0.5) is 0 Å². The summed E-state index contributed by atoms with van der Waals surface area (Å²) in [5, 5.41) is 0. The Balaban J connectivity index is 4.05. The second kappa shape index (κ2) is 57.6. The second-order valence-electron chi connectivity index (χ2n) is 23.1. The van der Waals surface area contributed by atoms with E-state index in [0.717, 1.165) is 64.2 Å². The van der Waals surface area contributed by atoms with E-state index in [1.165, 1.54) is 212 Å². The molecule has 2 unspecified atom stereocenters. The molecule has 10 heteroatoms. The molecule has 9 nitrogen and oxygen atoms in total. The van der Waals surface area contributed by atoms with Crippen molar-refractivity contribution in [3.05, 3.63) is 48.6 Å². The Hall–Kier alpha value is -2.03. The first-order valence-corrected chi connectivity index (χ1v) is 33.8. The van der Waals surface area contributed by atoms with Gasteiger partial charge in [0.05, 0.1) is 27.7 Å². The van der Waals surface area contributed by atoms with Gasteiger partial charge in [0.1, 0.15) is 19.8 Å². The van der Waals surface area contributed by atoms with E-state index in [1.54, 1.807) is 0 Å². The van der Waals surface area contributed by atoms with Crippen molar-refractivity contribution < 1.29 is 42.1 Å². The van der Waals surface area contributed by atoms with Crippen molar-refractivity contribution in [1.82, 2.24) is 0 Å². The molecule has 76 heavy (non-hydrogen) atoms. The highest BCUT2D eigenvalue weighted by Gasteiger charge is 2.22. The van der Waals surface area contributed by atoms with Crippen LogP contribution in [0, 0.1) is 0 Å². The fourth-order valence-electron chi connectivity index (χ4n) is 9.42. The van der Waals surface area contributed by atoms with Crippen molar-refractivity contribution in [1.29, 1.82) is 0 Å². The number of phosphoric acid groups is 1. The second-order valence-corrected chi connectivity index (χ2v) is 24.5. The summed E-state index contributed by atoms with van der Waals surface area (Å²) in [5.74, 6) is -0.816. The number of likely N-dealkylation sites (N-methyl/N-ethyl adjacent to an activating group) is 1. The molecule has 0 amide bonds. The number of quaternary nitrogens is 1. The van der Waals surface area contributed by atoms with Gasteiger partial charge in [-0.25, -0.2) is 0 Å². The molecule has 0 fully saturated rings. The van der Waals surface area contributed by atoms with Crippen LogP contribution in [0.25, 0.3) is 0 Å². The van der Waals surface area contributed by atoms with Gasteiger partial charge in [-0.3, -0.25) is 14.2 Å². The number of rotatable bonds is 60. The molecule has 0 heterocycles. The number of carbonyl (C=O) groups excluding carboxylic acids is 2. The first-order chi connectivity index (χ1) is 37.0. The molecule has 0 aromatic heterocycles. The summed E-state index contributed by atoms with van der Waals surface area (Å²) in [6.45, 7) is 4.19. The Morgan fingerprint density at radius 1 is 0.421 bits per heavy atom. The third-order valence-corrected chi connectivity index (χ3v) is 15.3. The number of esters is 2. The van der Waals surface area contributed by atoms with Crippen molar-refractivity contribution >= 4 is 19.8 Å². The number of hydrogen-bond acceptors (Lipinski definition) is 8. The lowest BCUT2D eigenvalue weighted by molar-refractivity contribution is -0.870. The lowest BCUT2D eigenvalue weighted by Crippen LogP contribution is -2.37. The summed E-state index contributed by atoms with van der Waals surface area (Å²) in [7, 11) is 1.18. The predicted octanol–water partition coefficient (Wildman–Crippen LogP) is 19.9. The zero-order valence-electron chi connectivity index (χ0n) is 50.7. The molecule has 0 spiro atoms. The maximum Gasteiger partial charge on any atom is 0.306 e. The van der Waals surface area contributed by atoms with Gasteiger partial charge in [-0.1, -0.05) is 294 Å². The Labute approximate surface area is 471 Å². The molecular weight excluding hydrogens is 966 g/mol. The van der Waals surface area contributed by atoms with Gasteiger partial charge in [0.2, 0.25) is 0 Å². The topological polar surface area (TPSA) is 111 Å². The SMILES string of the molecule is CC/C=C\C/C=C\C/C=C\C/C=C\CCCCCCCCCCCCCCCCCCC(=O)OC(COC(=O)CCCCCCCCCCCCCCCCCCCCCCCCC)COP(=O)([O-])OCC[N+](C)(C)C. The lowest BCUT2D eigenvalue weighted by Gasteiger charge is -2.28. The highest BCUT2D eigenvalue weighted by molar-refractivity contribution is 7.45. The third-order valence-electron chi connectivity index (χ3n) is 14.4. The lowest BCUT2D eigenvalue weighted by atomic mass is 10.0. The van der Waals surface area contributed by atoms with E-state index in [4.69, 9.17) is 18.5 Å². The number of unbranched alkanes of at least 4 members (excludes halogenated alkanes) is 38. The molecule has 0 N–H and O–H groups in total. The van der Waals surface area contributed by atoms with E-state index < -0.39 is 26.5 Å². The fraction of sp³-hybridized carbons (Fsp3) is 0.848. The summed E-state index contributed by atoms with van der Waals surface area (Å²) in [4.78, 5) is 38.0. The van der Waals surface area contributed by atoms with Gasteiger partial charge in [0.25, 0.3) is 7.82 Å². The van der Waals surface area contributed by atoms with Crippen LogP contribution in [0.3, 0.4) is 0 Å². The molecule has 0 aromatic rings. The molecule has 0 bridgehead atoms. The molecule has 0 aliphatic carbocycles. The maximum atomic E-state index is 12.8. The molecular formula is C66H124NO8P. The monoisotopic (exact) mass is 1090 g/mol. The molecule has 0 saturated heterocycles. The van der Waals surface area contributed by atoms with Gasteiger partial charge in [-0.2, -0.15) is 0 Å². The van der Waals surface area contributed by atoms with E-state index in [0.29, 0.717) is 17.4 Å². The smallest absolute Gasteiger partial charge is 0.306 e. The number of ether oxygens (including phenoxy) is 2. The summed E-state index contributed by atoms with van der Waals surface area (Å²) >= 11 is 0. The van der Waals surface area contributed by atoms with E-state index in [-0.39, 0.29) is 32.0 Å². The zero-order valence-corrected chi connectivity index (χ0v) is 51.6. The Morgan fingerprint density at radius 3 is 1.12 bits per heavy atom. The fourth-order valence-corrected chi connectivity index (χ4v) is 10.1. The van der Waals surface area contributed by atoms with Crippen LogP contribution in [-0.4, -0.2) is 70.0 Å². The highest BCUT2D eigenvalue weighted by Crippen LogP contribution is 2.38. The standard InChI is InChI=1S/C66H124NO8P/c1-6-8-10-12-14-16-18-20-22-24-26-28-30-31-32-33-34-35-37-39-41-43-45-47-49-51-53-55-57-59-66(69)75-64(63-74-76(70,71)73-61-60-67(3,4)5)62-72-65(68)58-56-54-52-50-48-46-44-42-40-38-36-29-27-25-23-21-19-17-15-13-11-9-7-2/h8,10,14,16,20,22,26,28,64H,6-7,9,11-13,15,17-19,21,23-25,27,29-63H2,1-5H3/b10-8-,16-14-,22-20-,28-26-. The van der Waals surface area contributed by atoms with Gasteiger partial charge >= 0.3 is 11.9 Å². The molecule has 446 valence electrons. The van der Waals surface area contributed by atoms with E-state index in [2.05, 4.69) is 62.5 Å². The van der Waals surface area contributed by atoms with Gasteiger partial charge < -0.3 is 27.9 Å². The number of allylic oxidation sites excluding steroid dienone is 8. The van der Waals surface area contributed by atoms with Crippen LogP contribution in [0.2, 0.25) is 0 Å². The van der Waals surface area contributed by atoms with Crippen LogP contribution >= 0.6 is 7.82 Å². The summed E-state index contributed by atoms with van der Waals surface area (Å²) in [6, 6.07) is 0. The van der Waals surface area contributed by atoms with Crippen molar-refractivity contribution in [2.75, 3.05) is 47.5 Å². The molecule has 0 radical (unpaired) electrons. The highest BCUT2D eigenvalue weighted by atomic mass is 31.2. The van der Waals surface area contributed by atoms with Crippen molar-refractivity contribution in [3.8, 4) is 0 Å². The van der Waals surface area contributed by atoms with E-state index in [1.807, 2.05) is 21.1 Å². The summed E-state index contributed by atoms with van der Waals surface area (Å²) in [5.41, 5.74) is 0. The molecule has 0 rings (SSSR count). The first-order valence-electron chi connectivity index (χ1n) is 32.3. The number of phosphoric ester groups is 1. The predicted molar refractivity (Wildman–Crippen MR) is 324 cm³/mol. The van der Waals surface area contributed by atoms with Crippen LogP contribution in [0.1, 0.15) is 309 Å². The van der Waals surface area contributed by atoms with E-state index in [9.17, 15) is 19.0 Å². The van der Waals surface area contributed by atoms with Crippen LogP contribution in [0.15, 0.2) is 48.6 Å². The number of nitrogens with zero attached hydrogens (tertiary/aromatic N) is 1. The minimum atomic E-state index is -4.64. The van der Waals surface area contributed by atoms with Crippen molar-refractivity contribution in [3.63, 3.8) is 0 Å². The quantitative estimate of drug-likeness (QED) is 0.0195. The normalized spacial score (nSPS) is 13.5. The van der Waals surface area contributed by atoms with Crippen molar-refractivity contribution in [2.45, 2.75) is 315 Å². The van der Waals surface area contributed by atoms with E-state index >= 15 is 0 Å². The maximum absolute atomic E-state index is 12.8. The summed E-state index contributed by atoms with van der Waals surface area (Å²) in [6.07, 6.45) is 73.2. The number of hydrogen-bond donors (Lipinski definition) is 0. The molecule has 0 aliphatic heterocycles. The molecule has 2 atom stereocenters. The molecule has 0 aliphatic rings. The average molecular weight is 1090 g/mol. The minimum absolute atomic E-state index is 0.0289. The van der Waals surface area contributed by atoms with Gasteiger partial charge in [0, 0.05) is 12.8 Å². The minimum Gasteiger partial charge on any atom is -0.756 e. The van der Waals surface area contributed by atoms with Gasteiger partial charge in [0.15, 0.2) is 6.10 Å². The largest absolute Gasteiger partial charge is 0.756 e. The van der Waals surface area contributed by atoms with Gasteiger partial charge in [-0.05, 0) is 51.4 Å². The van der Waals surface area contributed by atoms with Crippen molar-refractivity contribution in [2.24, 2.45) is 0 Å². The third kappa shape index (κ3) is 61.2. The molecule has 0 aromatic carbocycles. The van der Waals surface area contributed by atoms with Gasteiger partial charge in [-0.15, -0.1) is 0 Å². The Kier molecular flexibility index (Phi) is 56.1. The Bertz CT molecular complexity index is 1420. The zero-order chi connectivity index (χ0) is 55.6. The molecule has 0 saturated carbocycles. The Morgan fingerprint density at radius 2 is 0.750 bits per heavy atom. The first kappa shape index (κ1) is 74.0. The summed E-state index contributed by atoms with van der Waals surface area (Å²) < 4.78 is 34.3. The van der Waals surface area contributed by atoms with Crippen LogP contribution < -0.4 is 4.89 Å². The van der Waals surface area contributed by atoms with Crippen LogP contribution in [-0.2, 0) is 32.7 Å². The van der Waals surface area contributed by atoms with Crippen LogP contribution in [0.5, 0.6) is 0 Å². The average Bonchev–Trinajstić information content (AvgIpc) is 3.38.